The third kappa shape index (κ3) is 2.39. The molecule has 4 heteroatoms. The van der Waals surface area contributed by atoms with Crippen molar-refractivity contribution in [2.24, 2.45) is 12.1 Å². The van der Waals surface area contributed by atoms with Gasteiger partial charge < -0.3 is 9.99 Å². The molecule has 128 valence electrons. The fourth-order valence-electron chi connectivity index (χ4n) is 3.86. The van der Waals surface area contributed by atoms with Gasteiger partial charge in [0.05, 0.1) is 11.8 Å². The minimum Gasteiger partial charge on any atom is -0.344 e. The molecular weight excluding hydrogens is 342 g/mol. The summed E-state index contributed by atoms with van der Waals surface area (Å²) >= 11 is 5.99. The maximum Gasteiger partial charge on any atom is 0.0746 e. The average molecular weight is 360 g/mol. The van der Waals surface area contributed by atoms with Crippen molar-refractivity contribution < 1.29 is 0 Å². The normalized spacial score (nSPS) is 16.8. The molecule has 1 N–H and O–H groups in total. The van der Waals surface area contributed by atoms with Crippen LogP contribution in [0.5, 0.6) is 0 Å². The van der Waals surface area contributed by atoms with Crippen molar-refractivity contribution in [3.05, 3.63) is 82.9 Å². The Morgan fingerprint density at radius 1 is 0.962 bits per heavy atom. The molecule has 1 unspecified atom stereocenters. The summed E-state index contributed by atoms with van der Waals surface area (Å²) in [5.41, 5.74) is 9.28. The lowest BCUT2D eigenvalue weighted by Gasteiger charge is -2.11. The largest absolute Gasteiger partial charge is 0.344 e. The van der Waals surface area contributed by atoms with E-state index in [0.717, 1.165) is 22.7 Å². The number of para-hydroxylation sites is 1. The topological polar surface area (TPSA) is 29.3 Å². The maximum atomic E-state index is 5.99. The average Bonchev–Trinajstić information content (AvgIpc) is 3.27. The molecule has 0 fully saturated rings. The van der Waals surface area contributed by atoms with Gasteiger partial charge in [-0.2, -0.15) is 5.10 Å². The van der Waals surface area contributed by atoms with Gasteiger partial charge in [-0.1, -0.05) is 48.0 Å². The summed E-state index contributed by atoms with van der Waals surface area (Å²) in [5, 5.41) is 7.90. The van der Waals surface area contributed by atoms with Crippen LogP contribution in [-0.2, 0) is 7.05 Å². The van der Waals surface area contributed by atoms with Crippen molar-refractivity contribution in [1.82, 2.24) is 9.99 Å². The summed E-state index contributed by atoms with van der Waals surface area (Å²) in [6.45, 7) is 0. The second-order valence-electron chi connectivity index (χ2n) is 6.80. The molecule has 0 bridgehead atoms. The Morgan fingerprint density at radius 3 is 2.58 bits per heavy atom. The van der Waals surface area contributed by atoms with Gasteiger partial charge in [0.25, 0.3) is 0 Å². The van der Waals surface area contributed by atoms with Crippen molar-refractivity contribution in [3.8, 4) is 0 Å². The summed E-state index contributed by atoms with van der Waals surface area (Å²) in [4.78, 5) is 0. The van der Waals surface area contributed by atoms with Crippen molar-refractivity contribution in [3.63, 3.8) is 0 Å². The molecule has 3 aromatic carbocycles. The number of hydrogen-bond donors (Lipinski definition) is 1. The van der Waals surface area contributed by atoms with Crippen molar-refractivity contribution in [2.45, 2.75) is 12.5 Å². The van der Waals surface area contributed by atoms with E-state index in [1.54, 1.807) is 0 Å². The van der Waals surface area contributed by atoms with Crippen LogP contribution in [0, 0.1) is 0 Å². The van der Waals surface area contributed by atoms with Gasteiger partial charge in [0.2, 0.25) is 0 Å². The van der Waals surface area contributed by atoms with Crippen LogP contribution >= 0.6 is 11.6 Å². The highest BCUT2D eigenvalue weighted by molar-refractivity contribution is 6.30. The molecule has 0 radical (unpaired) electrons. The zero-order valence-corrected chi connectivity index (χ0v) is 15.2. The quantitative estimate of drug-likeness (QED) is 0.508. The molecule has 4 aromatic rings. The minimum atomic E-state index is 0.198. The first-order valence-electron chi connectivity index (χ1n) is 8.76. The first-order chi connectivity index (χ1) is 12.7. The third-order valence-corrected chi connectivity index (χ3v) is 5.52. The zero-order chi connectivity index (χ0) is 17.7. The van der Waals surface area contributed by atoms with Gasteiger partial charge in [-0.15, -0.1) is 0 Å². The lowest BCUT2D eigenvalue weighted by Crippen LogP contribution is -2.09. The molecule has 0 amide bonds. The van der Waals surface area contributed by atoms with Gasteiger partial charge in [-0.25, -0.2) is 0 Å². The molecule has 3 nitrogen and oxygen atoms in total. The van der Waals surface area contributed by atoms with E-state index >= 15 is 0 Å². The Bertz CT molecular complexity index is 1160. The van der Waals surface area contributed by atoms with E-state index in [9.17, 15) is 0 Å². The van der Waals surface area contributed by atoms with Crippen molar-refractivity contribution in [1.29, 1.82) is 0 Å². The zero-order valence-electron chi connectivity index (χ0n) is 14.4. The number of benzene rings is 3. The van der Waals surface area contributed by atoms with Gasteiger partial charge in [0.15, 0.2) is 0 Å². The number of aromatic nitrogens is 1. The number of rotatable bonds is 2. The van der Waals surface area contributed by atoms with Gasteiger partial charge in [-0.05, 0) is 41.5 Å². The SMILES string of the molecule is Cn1c2ccccc2c2cc(C3CC(c4ccc(Cl)cc4)=NN3)ccc21. The van der Waals surface area contributed by atoms with E-state index in [-0.39, 0.29) is 6.04 Å². The first-order valence-corrected chi connectivity index (χ1v) is 9.13. The van der Waals surface area contributed by atoms with Crippen LogP contribution in [0.1, 0.15) is 23.6 Å². The lowest BCUT2D eigenvalue weighted by atomic mass is 9.98. The number of hydrogen-bond acceptors (Lipinski definition) is 2. The maximum absolute atomic E-state index is 5.99. The fourth-order valence-corrected chi connectivity index (χ4v) is 3.99. The standard InChI is InChI=1S/C22H18ClN3/c1-26-21-5-3-2-4-17(21)18-12-15(8-11-22(18)26)20-13-19(24-25-20)14-6-9-16(23)10-7-14/h2-12,20,25H,13H2,1H3. The number of hydrazone groups is 1. The molecule has 0 aliphatic carbocycles. The van der Waals surface area contributed by atoms with Crippen LogP contribution in [0.4, 0.5) is 0 Å². The molecule has 5 rings (SSSR count). The molecule has 0 spiro atoms. The number of nitrogens with zero attached hydrogens (tertiary/aromatic N) is 2. The molecule has 1 aliphatic heterocycles. The van der Waals surface area contributed by atoms with Crippen LogP contribution < -0.4 is 5.43 Å². The Kier molecular flexibility index (Phi) is 3.50. The number of halogens is 1. The number of fused-ring (bicyclic) bond motifs is 3. The monoisotopic (exact) mass is 359 g/mol. The van der Waals surface area contributed by atoms with E-state index in [2.05, 4.69) is 64.6 Å². The van der Waals surface area contributed by atoms with Crippen molar-refractivity contribution in [2.75, 3.05) is 0 Å². The first kappa shape index (κ1) is 15.5. The number of aryl methyl sites for hydroxylation is 1. The molecule has 2 heterocycles. The molecule has 0 saturated heterocycles. The smallest absolute Gasteiger partial charge is 0.0746 e. The summed E-state index contributed by atoms with van der Waals surface area (Å²) in [7, 11) is 2.12. The Morgan fingerprint density at radius 2 is 1.73 bits per heavy atom. The molecule has 0 saturated carbocycles. The number of nitrogens with one attached hydrogen (secondary N) is 1. The van der Waals surface area contributed by atoms with E-state index in [4.69, 9.17) is 11.6 Å². The molecule has 26 heavy (non-hydrogen) atoms. The summed E-state index contributed by atoms with van der Waals surface area (Å²) < 4.78 is 2.26. The van der Waals surface area contributed by atoms with Gasteiger partial charge >= 0.3 is 0 Å². The second kappa shape index (κ2) is 5.89. The Balaban J connectivity index is 1.50. The van der Waals surface area contributed by atoms with Gasteiger partial charge in [0.1, 0.15) is 0 Å². The predicted molar refractivity (Wildman–Crippen MR) is 109 cm³/mol. The van der Waals surface area contributed by atoms with Crippen molar-refractivity contribution >= 4 is 39.1 Å². The second-order valence-corrected chi connectivity index (χ2v) is 7.24. The summed E-state index contributed by atoms with van der Waals surface area (Å²) in [6.07, 6.45) is 0.873. The van der Waals surface area contributed by atoms with E-state index in [1.807, 2.05) is 24.3 Å². The highest BCUT2D eigenvalue weighted by Crippen LogP contribution is 2.32. The van der Waals surface area contributed by atoms with Gasteiger partial charge in [0, 0.05) is 40.3 Å². The molecule has 1 atom stereocenters. The summed E-state index contributed by atoms with van der Waals surface area (Å²) in [5.74, 6) is 0. The van der Waals surface area contributed by atoms with Crippen LogP contribution in [0.15, 0.2) is 71.8 Å². The molecule has 1 aromatic heterocycles. The summed E-state index contributed by atoms with van der Waals surface area (Å²) in [6, 6.07) is 23.4. The van der Waals surface area contributed by atoms with Gasteiger partial charge in [-0.3, -0.25) is 0 Å². The minimum absolute atomic E-state index is 0.198. The van der Waals surface area contributed by atoms with E-state index in [1.165, 1.54) is 27.4 Å². The van der Waals surface area contributed by atoms with Crippen LogP contribution in [0.3, 0.4) is 0 Å². The fraction of sp³-hybridized carbons (Fsp3) is 0.136. The molecule has 1 aliphatic rings. The Hall–Kier alpha value is -2.78. The van der Waals surface area contributed by atoms with Crippen LogP contribution in [-0.4, -0.2) is 10.3 Å². The van der Waals surface area contributed by atoms with Crippen LogP contribution in [0.25, 0.3) is 21.8 Å². The molecular formula is C22H18ClN3. The van der Waals surface area contributed by atoms with E-state index in [0.29, 0.717) is 0 Å². The Labute approximate surface area is 156 Å². The highest BCUT2D eigenvalue weighted by Gasteiger charge is 2.22. The highest BCUT2D eigenvalue weighted by atomic mass is 35.5. The van der Waals surface area contributed by atoms with Crippen LogP contribution in [0.2, 0.25) is 5.02 Å². The van der Waals surface area contributed by atoms with E-state index < -0.39 is 0 Å². The third-order valence-electron chi connectivity index (χ3n) is 5.27. The lowest BCUT2D eigenvalue weighted by molar-refractivity contribution is 0.621. The predicted octanol–water partition coefficient (Wildman–Crippen LogP) is 5.42.